The maximum atomic E-state index is 8.52. The second-order valence-corrected chi connectivity index (χ2v) is 1.47. The van der Waals surface area contributed by atoms with E-state index in [2.05, 4.69) is 0 Å². The zero-order valence-electron chi connectivity index (χ0n) is 4.06. The van der Waals surface area contributed by atoms with Crippen molar-refractivity contribution < 1.29 is 26.4 Å². The Morgan fingerprint density at radius 2 is 1.11 bits per heavy atom. The molecule has 0 fully saturated rings. The summed E-state index contributed by atoms with van der Waals surface area (Å²) in [5.41, 5.74) is 0. The van der Waals surface area contributed by atoms with Gasteiger partial charge in [-0.15, -0.1) is 0 Å². The van der Waals surface area contributed by atoms with Crippen LogP contribution in [0.1, 0.15) is 0 Å². The van der Waals surface area contributed by atoms with Gasteiger partial charge < -0.3 is 9.11 Å². The Labute approximate surface area is 93.6 Å². The summed E-state index contributed by atoms with van der Waals surface area (Å²) in [6.45, 7) is 0. The van der Waals surface area contributed by atoms with E-state index in [-0.39, 0.29) is 48.9 Å². The summed E-state index contributed by atoms with van der Waals surface area (Å²) in [5, 5.41) is 0. The van der Waals surface area contributed by atoms with E-state index in [1.54, 1.807) is 0 Å². The molecule has 0 rings (SSSR count). The van der Waals surface area contributed by atoms with Gasteiger partial charge in [0.05, 0.1) is 0 Å². The van der Waals surface area contributed by atoms with Gasteiger partial charge in [0.1, 0.15) is 0 Å². The molecule has 0 aliphatic carbocycles. The summed E-state index contributed by atoms with van der Waals surface area (Å²) in [5.74, 6) is 0. The Bertz CT molecular complexity index is 153. The molecular formula is BaO6SSi. The Hall–Kier alpha value is 1.26. The molecule has 48 valence electrons. The molecule has 0 aromatic heterocycles. The van der Waals surface area contributed by atoms with Gasteiger partial charge in [-0.25, -0.2) is 0 Å². The van der Waals surface area contributed by atoms with Crippen LogP contribution in [0.3, 0.4) is 0 Å². The molecule has 0 aromatic carbocycles. The normalized spacial score (nSPS) is 7.33. The third-order valence-electron chi connectivity index (χ3n) is 0. The maximum Gasteiger partial charge on any atom is 2.00 e. The van der Waals surface area contributed by atoms with Crippen LogP contribution in [0.2, 0.25) is 0 Å². The third-order valence-corrected chi connectivity index (χ3v) is 0. The van der Waals surface area contributed by atoms with Gasteiger partial charge in [-0.2, -0.15) is 0 Å². The molecule has 0 saturated heterocycles. The van der Waals surface area contributed by atoms with Crippen LogP contribution in [0.15, 0.2) is 0 Å². The van der Waals surface area contributed by atoms with Crippen molar-refractivity contribution in [2.24, 2.45) is 0 Å². The van der Waals surface area contributed by atoms with Crippen LogP contribution in [0.4, 0.5) is 0 Å². The monoisotopic (exact) mass is 294 g/mol. The summed E-state index contributed by atoms with van der Waals surface area (Å²) >= 11 is 0. The van der Waals surface area contributed by atoms with E-state index in [9.17, 15) is 0 Å². The van der Waals surface area contributed by atoms with Crippen LogP contribution >= 0.6 is 0 Å². The largest absolute Gasteiger partial charge is 2.00 e. The quantitative estimate of drug-likeness (QED) is 0.281. The molecular weight excluding hydrogens is 293 g/mol. The minimum Gasteiger partial charge on any atom is -0.759 e. The first-order valence-electron chi connectivity index (χ1n) is 1.07. The van der Waals surface area contributed by atoms with Gasteiger partial charge in [0.2, 0.25) is 0 Å². The molecule has 0 bridgehead atoms. The zero-order chi connectivity index (χ0) is 7.21. The van der Waals surface area contributed by atoms with Crippen molar-refractivity contribution in [3.05, 3.63) is 0 Å². The van der Waals surface area contributed by atoms with Crippen molar-refractivity contribution in [3.63, 3.8) is 0 Å². The van der Waals surface area contributed by atoms with Crippen molar-refractivity contribution in [1.82, 2.24) is 0 Å². The third kappa shape index (κ3) is 308. The summed E-state index contributed by atoms with van der Waals surface area (Å²) < 4.78 is 50.9. The van der Waals surface area contributed by atoms with Gasteiger partial charge in [0.15, 0.2) is 0 Å². The van der Waals surface area contributed by atoms with Crippen LogP contribution in [-0.2, 0) is 19.3 Å². The average Bonchev–Trinajstić information content (AvgIpc) is 1.27. The van der Waals surface area contributed by atoms with Crippen LogP contribution < -0.4 is 0 Å². The van der Waals surface area contributed by atoms with Crippen molar-refractivity contribution in [2.75, 3.05) is 0 Å². The molecule has 9 heteroatoms. The molecule has 6 nitrogen and oxygen atoms in total. The molecule has 0 N–H and O–H groups in total. The zero-order valence-corrected chi connectivity index (χ0v) is 10.3. The summed E-state index contributed by atoms with van der Waals surface area (Å²) in [6, 6.07) is 0. The topological polar surface area (TPSA) is 114 Å². The fourth-order valence-electron chi connectivity index (χ4n) is 0. The predicted octanol–water partition coefficient (Wildman–Crippen LogP) is -2.34. The SMILES string of the molecule is O=S(=O)([O-])[O-].O=[Si]=O.[Ba+2]. The summed E-state index contributed by atoms with van der Waals surface area (Å²) in [7, 11) is -6.58. The van der Waals surface area contributed by atoms with Crippen molar-refractivity contribution in [2.45, 2.75) is 0 Å². The first-order chi connectivity index (χ1) is 3.41. The Morgan fingerprint density at radius 1 is 1.11 bits per heavy atom. The van der Waals surface area contributed by atoms with Gasteiger partial charge >= 0.3 is 58.2 Å². The van der Waals surface area contributed by atoms with E-state index in [4.69, 9.17) is 26.4 Å². The minimum absolute atomic E-state index is 0. The smallest absolute Gasteiger partial charge is 0.759 e. The number of hydrogen-bond acceptors (Lipinski definition) is 6. The van der Waals surface area contributed by atoms with Crippen molar-refractivity contribution in [1.29, 1.82) is 0 Å². The molecule has 0 spiro atoms. The fraction of sp³-hybridized carbons (Fsp3) is 0. The van der Waals surface area contributed by atoms with Gasteiger partial charge in [-0.05, 0) is 0 Å². The fourth-order valence-corrected chi connectivity index (χ4v) is 0. The van der Waals surface area contributed by atoms with Gasteiger partial charge in [-0.1, -0.05) is 0 Å². The molecule has 0 unspecified atom stereocenters. The molecule has 0 aliphatic rings. The summed E-state index contributed by atoms with van der Waals surface area (Å²) in [4.78, 5) is 0. The van der Waals surface area contributed by atoms with E-state index >= 15 is 0 Å². The first-order valence-corrected chi connectivity index (χ1v) is 3.22. The maximum absolute atomic E-state index is 8.52. The van der Waals surface area contributed by atoms with Crippen LogP contribution in [0, 0.1) is 0 Å². The molecule has 9 heavy (non-hydrogen) atoms. The summed E-state index contributed by atoms with van der Waals surface area (Å²) in [6.07, 6.45) is 0. The Morgan fingerprint density at radius 3 is 1.11 bits per heavy atom. The molecule has 0 aliphatic heterocycles. The van der Waals surface area contributed by atoms with Crippen molar-refractivity contribution >= 4 is 68.6 Å². The number of rotatable bonds is 0. The van der Waals surface area contributed by atoms with Crippen LogP contribution in [0.25, 0.3) is 0 Å². The van der Waals surface area contributed by atoms with E-state index in [1.165, 1.54) is 0 Å². The first kappa shape index (κ1) is 16.7. The second kappa shape index (κ2) is 9.26. The minimum atomic E-state index is -5.17. The van der Waals surface area contributed by atoms with Gasteiger partial charge in [-0.3, -0.25) is 17.3 Å². The Balaban J connectivity index is -0.0000000800. The second-order valence-electron chi connectivity index (χ2n) is 0.492. The van der Waals surface area contributed by atoms with E-state index in [1.807, 2.05) is 0 Å². The van der Waals surface area contributed by atoms with Crippen LogP contribution in [0.5, 0.6) is 0 Å². The van der Waals surface area contributed by atoms with Gasteiger partial charge in [0.25, 0.3) is 0 Å². The molecule has 0 radical (unpaired) electrons. The van der Waals surface area contributed by atoms with Gasteiger partial charge in [0, 0.05) is 10.4 Å². The molecule has 0 atom stereocenters. The van der Waals surface area contributed by atoms with E-state index < -0.39 is 19.7 Å². The molecule has 0 aromatic rings. The molecule has 0 amide bonds. The predicted molar refractivity (Wildman–Crippen MR) is 23.4 cm³/mol. The van der Waals surface area contributed by atoms with E-state index in [0.717, 1.165) is 0 Å². The Kier molecular flexibility index (Phi) is 17.2. The standard InChI is InChI=1S/Ba.H2O4S.O2Si/c;1-5(2,3)4;1-3-2/h;(H2,1,2,3,4);/q+2;;/p-2. The van der Waals surface area contributed by atoms with Crippen LogP contribution in [-0.4, -0.2) is 75.7 Å². The molecule has 0 saturated carbocycles. The van der Waals surface area contributed by atoms with E-state index in [0.29, 0.717) is 0 Å². The average molecular weight is 293 g/mol. The molecule has 0 heterocycles. The van der Waals surface area contributed by atoms with Crippen molar-refractivity contribution in [3.8, 4) is 0 Å². The number of hydrogen-bond donors (Lipinski definition) is 0.